The number of carbonyl (C=O) groups is 1. The highest BCUT2D eigenvalue weighted by Crippen LogP contribution is 2.24. The number of benzene rings is 1. The molecule has 16 heavy (non-hydrogen) atoms. The van der Waals surface area contributed by atoms with Crippen molar-refractivity contribution in [3.63, 3.8) is 0 Å². The summed E-state index contributed by atoms with van der Waals surface area (Å²) in [6.07, 6.45) is -0.898. The second-order valence-electron chi connectivity index (χ2n) is 3.75. The van der Waals surface area contributed by atoms with Crippen molar-refractivity contribution < 1.29 is 15.0 Å². The highest BCUT2D eigenvalue weighted by Gasteiger charge is 2.18. The van der Waals surface area contributed by atoms with Crippen LogP contribution in [0.3, 0.4) is 0 Å². The van der Waals surface area contributed by atoms with Gasteiger partial charge < -0.3 is 10.2 Å². The van der Waals surface area contributed by atoms with E-state index in [1.54, 1.807) is 31.2 Å². The maximum atomic E-state index is 10.5. The number of carboxylic acid groups (broad SMARTS) is 1. The number of carboxylic acids is 1. The number of aliphatic carboxylic acids is 1. The minimum absolute atomic E-state index is 0.0822. The van der Waals surface area contributed by atoms with Crippen LogP contribution in [0.1, 0.15) is 30.6 Å². The maximum Gasteiger partial charge on any atom is 0.303 e. The Kier molecular flexibility index (Phi) is 4.03. The van der Waals surface area contributed by atoms with Gasteiger partial charge in [0.05, 0.1) is 24.2 Å². The number of aliphatic hydroxyl groups excluding tert-OH is 1. The molecule has 0 amide bonds. The first-order chi connectivity index (χ1) is 7.54. The molecular weight excluding hydrogens is 206 g/mol. The molecule has 2 atom stereocenters. The van der Waals surface area contributed by atoms with Gasteiger partial charge in [-0.1, -0.05) is 19.1 Å². The van der Waals surface area contributed by atoms with Crippen LogP contribution in [0, 0.1) is 17.2 Å². The molecule has 0 aliphatic rings. The van der Waals surface area contributed by atoms with E-state index in [2.05, 4.69) is 0 Å². The Balaban J connectivity index is 2.76. The summed E-state index contributed by atoms with van der Waals surface area (Å²) in [5.74, 6) is -1.29. The fourth-order valence-electron chi connectivity index (χ4n) is 1.47. The van der Waals surface area contributed by atoms with Gasteiger partial charge in [0.2, 0.25) is 0 Å². The van der Waals surface area contributed by atoms with Gasteiger partial charge in [0.25, 0.3) is 0 Å². The lowest BCUT2D eigenvalue weighted by Gasteiger charge is -2.17. The molecule has 4 heteroatoms. The maximum absolute atomic E-state index is 10.5. The van der Waals surface area contributed by atoms with Crippen LogP contribution in [-0.2, 0) is 4.79 Å². The third-order valence-electron chi connectivity index (χ3n) is 2.42. The predicted molar refractivity (Wildman–Crippen MR) is 57.5 cm³/mol. The Hall–Kier alpha value is -1.86. The fraction of sp³-hybridized carbons (Fsp3) is 0.333. The zero-order valence-corrected chi connectivity index (χ0v) is 8.92. The van der Waals surface area contributed by atoms with E-state index in [1.807, 2.05) is 6.07 Å². The molecule has 1 rings (SSSR count). The molecule has 0 bridgehead atoms. The molecule has 2 N–H and O–H groups in total. The molecule has 0 saturated carbocycles. The van der Waals surface area contributed by atoms with Crippen LogP contribution in [0.5, 0.6) is 0 Å². The summed E-state index contributed by atoms with van der Waals surface area (Å²) in [4.78, 5) is 10.5. The first kappa shape index (κ1) is 12.2. The molecular formula is C12H13NO3. The molecule has 0 spiro atoms. The zero-order valence-electron chi connectivity index (χ0n) is 8.92. The number of hydrogen-bond donors (Lipinski definition) is 2. The summed E-state index contributed by atoms with van der Waals surface area (Å²) in [7, 11) is 0. The van der Waals surface area contributed by atoms with Gasteiger partial charge in [0, 0.05) is 0 Å². The van der Waals surface area contributed by atoms with E-state index in [-0.39, 0.29) is 12.3 Å². The Morgan fingerprint density at radius 3 is 2.44 bits per heavy atom. The Morgan fingerprint density at radius 1 is 1.44 bits per heavy atom. The molecule has 84 valence electrons. The van der Waals surface area contributed by atoms with Crippen molar-refractivity contribution in [3.8, 4) is 6.07 Å². The minimum atomic E-state index is -0.930. The van der Waals surface area contributed by atoms with Crippen molar-refractivity contribution in [2.45, 2.75) is 19.4 Å². The van der Waals surface area contributed by atoms with E-state index in [4.69, 9.17) is 10.4 Å². The lowest BCUT2D eigenvalue weighted by atomic mass is 9.94. The summed E-state index contributed by atoms with van der Waals surface area (Å²) in [5, 5.41) is 27.1. The van der Waals surface area contributed by atoms with Crippen LogP contribution >= 0.6 is 0 Å². The van der Waals surface area contributed by atoms with Crippen molar-refractivity contribution in [2.24, 2.45) is 5.92 Å². The van der Waals surface area contributed by atoms with Gasteiger partial charge in [-0.15, -0.1) is 0 Å². The van der Waals surface area contributed by atoms with E-state index in [1.165, 1.54) is 0 Å². The predicted octanol–water partition coefficient (Wildman–Crippen LogP) is 1.70. The smallest absolute Gasteiger partial charge is 0.303 e. The number of rotatable bonds is 4. The van der Waals surface area contributed by atoms with E-state index in [0.717, 1.165) is 0 Å². The quantitative estimate of drug-likeness (QED) is 0.807. The molecule has 1 aromatic carbocycles. The Labute approximate surface area is 93.8 Å². The molecule has 1 aromatic rings. The van der Waals surface area contributed by atoms with Gasteiger partial charge >= 0.3 is 5.97 Å². The monoisotopic (exact) mass is 219 g/mol. The second-order valence-corrected chi connectivity index (χ2v) is 3.75. The number of nitrogens with zero attached hydrogens (tertiary/aromatic N) is 1. The average Bonchev–Trinajstić information content (AvgIpc) is 2.27. The third-order valence-corrected chi connectivity index (χ3v) is 2.42. The summed E-state index contributed by atoms with van der Waals surface area (Å²) in [5.41, 5.74) is 1.15. The molecule has 0 aliphatic carbocycles. The normalized spacial score (nSPS) is 13.8. The van der Waals surface area contributed by atoms with Crippen molar-refractivity contribution >= 4 is 5.97 Å². The molecule has 0 saturated heterocycles. The first-order valence-corrected chi connectivity index (χ1v) is 4.94. The molecule has 0 heterocycles. The lowest BCUT2D eigenvalue weighted by Crippen LogP contribution is -2.13. The van der Waals surface area contributed by atoms with Crippen LogP contribution in [0.15, 0.2) is 24.3 Å². The zero-order chi connectivity index (χ0) is 12.1. The van der Waals surface area contributed by atoms with Crippen LogP contribution in [0.25, 0.3) is 0 Å². The largest absolute Gasteiger partial charge is 0.481 e. The lowest BCUT2D eigenvalue weighted by molar-refractivity contribution is -0.139. The highest BCUT2D eigenvalue weighted by molar-refractivity contribution is 5.67. The Bertz CT molecular complexity index is 405. The molecule has 0 aliphatic heterocycles. The summed E-state index contributed by atoms with van der Waals surface area (Å²) in [6, 6.07) is 8.47. The number of nitriles is 1. The molecule has 2 unspecified atom stereocenters. The molecule has 0 fully saturated rings. The molecule has 0 radical (unpaired) electrons. The summed E-state index contributed by atoms with van der Waals surface area (Å²) >= 11 is 0. The first-order valence-electron chi connectivity index (χ1n) is 4.94. The Morgan fingerprint density at radius 2 is 2.00 bits per heavy atom. The SMILES string of the molecule is CC(CC(=O)O)C(O)c1ccc(C#N)cc1. The van der Waals surface area contributed by atoms with Crippen molar-refractivity contribution in [2.75, 3.05) is 0 Å². The van der Waals surface area contributed by atoms with E-state index in [0.29, 0.717) is 11.1 Å². The highest BCUT2D eigenvalue weighted by atomic mass is 16.4. The van der Waals surface area contributed by atoms with Crippen molar-refractivity contribution in [1.82, 2.24) is 0 Å². The van der Waals surface area contributed by atoms with Crippen LogP contribution in [0.4, 0.5) is 0 Å². The van der Waals surface area contributed by atoms with Gasteiger partial charge in [-0.2, -0.15) is 5.26 Å². The van der Waals surface area contributed by atoms with Gasteiger partial charge in [0.15, 0.2) is 0 Å². The van der Waals surface area contributed by atoms with Crippen LogP contribution in [-0.4, -0.2) is 16.2 Å². The van der Waals surface area contributed by atoms with Gasteiger partial charge in [-0.25, -0.2) is 0 Å². The van der Waals surface area contributed by atoms with Gasteiger partial charge in [0.1, 0.15) is 0 Å². The summed E-state index contributed by atoms with van der Waals surface area (Å²) in [6.45, 7) is 1.68. The molecule has 0 aromatic heterocycles. The average molecular weight is 219 g/mol. The van der Waals surface area contributed by atoms with Crippen LogP contribution in [0.2, 0.25) is 0 Å². The fourth-order valence-corrected chi connectivity index (χ4v) is 1.47. The standard InChI is InChI=1S/C12H13NO3/c1-8(6-11(14)15)12(16)10-4-2-9(7-13)3-5-10/h2-5,8,12,16H,6H2,1H3,(H,14,15). The van der Waals surface area contributed by atoms with Crippen molar-refractivity contribution in [1.29, 1.82) is 5.26 Å². The topological polar surface area (TPSA) is 81.3 Å². The van der Waals surface area contributed by atoms with E-state index >= 15 is 0 Å². The number of hydrogen-bond acceptors (Lipinski definition) is 3. The van der Waals surface area contributed by atoms with Crippen LogP contribution < -0.4 is 0 Å². The van der Waals surface area contributed by atoms with E-state index < -0.39 is 12.1 Å². The molecule has 4 nitrogen and oxygen atoms in total. The van der Waals surface area contributed by atoms with Gasteiger partial charge in [-0.3, -0.25) is 4.79 Å². The third kappa shape index (κ3) is 3.07. The second kappa shape index (κ2) is 5.29. The van der Waals surface area contributed by atoms with Crippen molar-refractivity contribution in [3.05, 3.63) is 35.4 Å². The number of aliphatic hydroxyl groups is 1. The summed E-state index contributed by atoms with van der Waals surface area (Å²) < 4.78 is 0. The minimum Gasteiger partial charge on any atom is -0.481 e. The van der Waals surface area contributed by atoms with E-state index in [9.17, 15) is 9.90 Å². The van der Waals surface area contributed by atoms with Gasteiger partial charge in [-0.05, 0) is 23.6 Å².